The van der Waals surface area contributed by atoms with Crippen LogP contribution >= 0.6 is 0 Å². The third kappa shape index (κ3) is 2.76. The van der Waals surface area contributed by atoms with Crippen LogP contribution in [0.4, 0.5) is 5.82 Å². The average molecular weight is 320 g/mol. The van der Waals surface area contributed by atoms with Crippen molar-refractivity contribution in [2.24, 2.45) is 0 Å². The molecule has 0 spiro atoms. The van der Waals surface area contributed by atoms with Gasteiger partial charge in [0.1, 0.15) is 17.3 Å². The van der Waals surface area contributed by atoms with Crippen molar-refractivity contribution in [1.29, 1.82) is 5.26 Å². The first-order chi connectivity index (χ1) is 11.6. The zero-order valence-corrected chi connectivity index (χ0v) is 12.3. The van der Waals surface area contributed by atoms with Crippen molar-refractivity contribution in [2.45, 2.75) is 0 Å². The van der Waals surface area contributed by atoms with Gasteiger partial charge < -0.3 is 15.5 Å². The molecule has 0 saturated carbocycles. The van der Waals surface area contributed by atoms with Crippen LogP contribution in [0.15, 0.2) is 48.5 Å². The van der Waals surface area contributed by atoms with Gasteiger partial charge in [-0.2, -0.15) is 10.4 Å². The third-order valence-electron chi connectivity index (χ3n) is 3.41. The number of nitrogens with one attached hydrogen (secondary N) is 1. The van der Waals surface area contributed by atoms with E-state index in [-0.39, 0.29) is 11.5 Å². The summed E-state index contributed by atoms with van der Waals surface area (Å²) in [7, 11) is 0. The number of aromatic nitrogens is 2. The molecular weight excluding hydrogens is 308 g/mol. The van der Waals surface area contributed by atoms with Crippen molar-refractivity contribution in [1.82, 2.24) is 9.78 Å². The van der Waals surface area contributed by atoms with Crippen LogP contribution in [0, 0.1) is 11.3 Å². The van der Waals surface area contributed by atoms with Gasteiger partial charge in [0.25, 0.3) is 0 Å². The summed E-state index contributed by atoms with van der Waals surface area (Å²) >= 11 is 0. The van der Waals surface area contributed by atoms with E-state index in [0.29, 0.717) is 34.7 Å². The van der Waals surface area contributed by atoms with Crippen LogP contribution in [-0.2, 0) is 4.79 Å². The molecule has 2 aromatic carbocycles. The standard InChI is InChI=1S/C17H12N4O3/c18-9-11-1-3-12(4-2-11)21-17(19-10-22)8-15(20-21)14-6-5-13(23)7-16(14)24/h1-8,10,23-24H,(H,19,22). The number of carbonyl (C=O) groups is 1. The van der Waals surface area contributed by atoms with E-state index >= 15 is 0 Å². The lowest BCUT2D eigenvalue weighted by Crippen LogP contribution is -2.04. The van der Waals surface area contributed by atoms with E-state index in [0.717, 1.165) is 0 Å². The van der Waals surface area contributed by atoms with Gasteiger partial charge in [-0.05, 0) is 36.4 Å². The molecule has 7 nitrogen and oxygen atoms in total. The monoisotopic (exact) mass is 320 g/mol. The molecule has 3 N–H and O–H groups in total. The van der Waals surface area contributed by atoms with Crippen LogP contribution in [0.1, 0.15) is 5.56 Å². The Morgan fingerprint density at radius 2 is 1.88 bits per heavy atom. The van der Waals surface area contributed by atoms with E-state index in [1.54, 1.807) is 30.3 Å². The molecule has 0 aliphatic carbocycles. The quantitative estimate of drug-likeness (QED) is 0.639. The van der Waals surface area contributed by atoms with Crippen LogP contribution in [0.25, 0.3) is 16.9 Å². The predicted molar refractivity (Wildman–Crippen MR) is 86.7 cm³/mol. The molecule has 0 bridgehead atoms. The highest BCUT2D eigenvalue weighted by molar-refractivity contribution is 5.76. The van der Waals surface area contributed by atoms with Gasteiger partial charge in [-0.15, -0.1) is 0 Å². The molecule has 0 saturated heterocycles. The van der Waals surface area contributed by atoms with Gasteiger partial charge in [0.05, 0.1) is 23.0 Å². The van der Waals surface area contributed by atoms with Crippen molar-refractivity contribution in [3.05, 3.63) is 54.1 Å². The molecular formula is C17H12N4O3. The van der Waals surface area contributed by atoms with Gasteiger partial charge >= 0.3 is 0 Å². The number of benzene rings is 2. The lowest BCUT2D eigenvalue weighted by atomic mass is 10.1. The normalized spacial score (nSPS) is 10.1. The number of hydrogen-bond donors (Lipinski definition) is 3. The van der Waals surface area contributed by atoms with Gasteiger partial charge in [-0.3, -0.25) is 4.79 Å². The maximum atomic E-state index is 10.8. The second-order valence-corrected chi connectivity index (χ2v) is 4.95. The molecule has 24 heavy (non-hydrogen) atoms. The van der Waals surface area contributed by atoms with Gasteiger partial charge in [0, 0.05) is 17.7 Å². The van der Waals surface area contributed by atoms with E-state index in [4.69, 9.17) is 5.26 Å². The second-order valence-electron chi connectivity index (χ2n) is 4.95. The van der Waals surface area contributed by atoms with Crippen molar-refractivity contribution in [2.75, 3.05) is 5.32 Å². The molecule has 3 aromatic rings. The number of aromatic hydroxyl groups is 2. The zero-order chi connectivity index (χ0) is 17.1. The largest absolute Gasteiger partial charge is 0.508 e. The summed E-state index contributed by atoms with van der Waals surface area (Å²) in [5.41, 5.74) is 1.98. The van der Waals surface area contributed by atoms with Crippen LogP contribution in [0.3, 0.4) is 0 Å². The fraction of sp³-hybridized carbons (Fsp3) is 0. The molecule has 7 heteroatoms. The molecule has 3 rings (SSSR count). The first kappa shape index (κ1) is 15.1. The number of hydrogen-bond acceptors (Lipinski definition) is 5. The maximum absolute atomic E-state index is 10.8. The average Bonchev–Trinajstić information content (AvgIpc) is 2.99. The van der Waals surface area contributed by atoms with Gasteiger partial charge in [0.2, 0.25) is 6.41 Å². The van der Waals surface area contributed by atoms with Crippen molar-refractivity contribution in [3.63, 3.8) is 0 Å². The summed E-state index contributed by atoms with van der Waals surface area (Å²) in [4.78, 5) is 10.8. The summed E-state index contributed by atoms with van der Waals surface area (Å²) < 4.78 is 1.48. The number of phenolic OH excluding ortho intramolecular Hbond substituents is 2. The highest BCUT2D eigenvalue weighted by Gasteiger charge is 2.14. The molecule has 0 radical (unpaired) electrons. The number of amides is 1. The summed E-state index contributed by atoms with van der Waals surface area (Å²) in [5.74, 6) is 0.211. The van der Waals surface area contributed by atoms with Crippen LogP contribution in [-0.4, -0.2) is 26.4 Å². The first-order valence-corrected chi connectivity index (χ1v) is 6.95. The smallest absolute Gasteiger partial charge is 0.212 e. The fourth-order valence-corrected chi connectivity index (χ4v) is 2.29. The summed E-state index contributed by atoms with van der Waals surface area (Å²) in [6.07, 6.45) is 0.525. The van der Waals surface area contributed by atoms with Crippen molar-refractivity contribution < 1.29 is 15.0 Å². The molecule has 118 valence electrons. The molecule has 1 heterocycles. The Bertz CT molecular complexity index is 939. The van der Waals surface area contributed by atoms with E-state index in [1.165, 1.54) is 22.9 Å². The lowest BCUT2D eigenvalue weighted by Gasteiger charge is -2.05. The third-order valence-corrected chi connectivity index (χ3v) is 3.41. The van der Waals surface area contributed by atoms with Gasteiger partial charge in [-0.25, -0.2) is 4.68 Å². The van der Waals surface area contributed by atoms with Gasteiger partial charge in [-0.1, -0.05) is 0 Å². The Labute approximate surface area is 137 Å². The van der Waals surface area contributed by atoms with Gasteiger partial charge in [0.15, 0.2) is 0 Å². The SMILES string of the molecule is N#Cc1ccc(-n2nc(-c3ccc(O)cc3O)cc2NC=O)cc1. The van der Waals surface area contributed by atoms with E-state index in [1.807, 2.05) is 6.07 Å². The highest BCUT2D eigenvalue weighted by atomic mass is 16.3. The maximum Gasteiger partial charge on any atom is 0.212 e. The topological polar surface area (TPSA) is 111 Å². The predicted octanol–water partition coefficient (Wildman–Crippen LogP) is 2.39. The Hall–Kier alpha value is -3.79. The first-order valence-electron chi connectivity index (χ1n) is 6.95. The molecule has 0 aliphatic rings. The molecule has 0 atom stereocenters. The minimum absolute atomic E-state index is 0.0611. The van der Waals surface area contributed by atoms with Crippen molar-refractivity contribution in [3.8, 4) is 34.5 Å². The van der Waals surface area contributed by atoms with Crippen LogP contribution in [0.5, 0.6) is 11.5 Å². The number of carbonyl (C=O) groups excluding carboxylic acids is 1. The summed E-state index contributed by atoms with van der Waals surface area (Å²) in [6, 6.07) is 14.5. The molecule has 0 fully saturated rings. The van der Waals surface area contributed by atoms with Crippen molar-refractivity contribution >= 4 is 12.2 Å². The fourth-order valence-electron chi connectivity index (χ4n) is 2.29. The summed E-state index contributed by atoms with van der Waals surface area (Å²) in [5, 5.41) is 35.2. The second kappa shape index (κ2) is 6.14. The van der Waals surface area contributed by atoms with Crippen LogP contribution < -0.4 is 5.32 Å². The lowest BCUT2D eigenvalue weighted by molar-refractivity contribution is -0.105. The number of anilines is 1. The highest BCUT2D eigenvalue weighted by Crippen LogP contribution is 2.33. The van der Waals surface area contributed by atoms with Crippen LogP contribution in [0.2, 0.25) is 0 Å². The Balaban J connectivity index is 2.10. The number of phenols is 2. The minimum Gasteiger partial charge on any atom is -0.508 e. The minimum atomic E-state index is -0.128. The Morgan fingerprint density at radius 3 is 2.50 bits per heavy atom. The zero-order valence-electron chi connectivity index (χ0n) is 12.3. The number of nitriles is 1. The van der Waals surface area contributed by atoms with E-state index in [9.17, 15) is 15.0 Å². The molecule has 0 unspecified atom stereocenters. The van der Waals surface area contributed by atoms with E-state index < -0.39 is 0 Å². The Kier molecular flexibility index (Phi) is 3.87. The summed E-state index contributed by atoms with van der Waals surface area (Å²) in [6.45, 7) is 0. The molecule has 1 aromatic heterocycles. The van der Waals surface area contributed by atoms with E-state index in [2.05, 4.69) is 10.4 Å². The Morgan fingerprint density at radius 1 is 1.12 bits per heavy atom. The molecule has 0 aliphatic heterocycles. The number of rotatable bonds is 4. The molecule has 1 amide bonds. The number of nitrogens with zero attached hydrogens (tertiary/aromatic N) is 3.